The van der Waals surface area contributed by atoms with E-state index in [0.717, 1.165) is 63.5 Å². The topological polar surface area (TPSA) is 87.6 Å². The van der Waals surface area contributed by atoms with Crippen LogP contribution in [0.2, 0.25) is 5.02 Å². The van der Waals surface area contributed by atoms with Crippen LogP contribution in [0.15, 0.2) is 36.4 Å². The Bertz CT molecular complexity index is 1080. The zero-order valence-electron chi connectivity index (χ0n) is 17.2. The molecule has 0 amide bonds. The highest BCUT2D eigenvalue weighted by Crippen LogP contribution is 2.39. The molecule has 5 rings (SSSR count). The second kappa shape index (κ2) is 8.42. The van der Waals surface area contributed by atoms with Crippen LogP contribution in [0, 0.1) is 0 Å². The third-order valence-electron chi connectivity index (χ3n) is 6.16. The zero-order valence-corrected chi connectivity index (χ0v) is 18.0. The highest BCUT2D eigenvalue weighted by molar-refractivity contribution is 6.32. The molecule has 3 aromatic rings. The van der Waals surface area contributed by atoms with Gasteiger partial charge in [0.2, 0.25) is 0 Å². The van der Waals surface area contributed by atoms with Crippen LogP contribution in [-0.2, 0) is 19.5 Å². The smallest absolute Gasteiger partial charge is 0.137 e. The van der Waals surface area contributed by atoms with Gasteiger partial charge in [-0.15, -0.1) is 0 Å². The summed E-state index contributed by atoms with van der Waals surface area (Å²) in [5.74, 6) is -0.171. The van der Waals surface area contributed by atoms with E-state index >= 15 is 0 Å². The Morgan fingerprint density at radius 1 is 1.00 bits per heavy atom. The number of aromatic nitrogens is 2. The van der Waals surface area contributed by atoms with Crippen LogP contribution in [-0.4, -0.2) is 58.0 Å². The van der Waals surface area contributed by atoms with E-state index in [1.54, 1.807) is 6.07 Å². The summed E-state index contributed by atoms with van der Waals surface area (Å²) < 4.78 is 0. The van der Waals surface area contributed by atoms with Gasteiger partial charge < -0.3 is 20.4 Å². The molecular weight excluding hydrogens is 414 g/mol. The number of aromatic hydroxyl groups is 2. The van der Waals surface area contributed by atoms with Crippen molar-refractivity contribution < 1.29 is 10.2 Å². The second-order valence-electron chi connectivity index (χ2n) is 8.21. The number of nitrogens with zero attached hydrogens (tertiary/aromatic N) is 3. The van der Waals surface area contributed by atoms with Gasteiger partial charge in [0.05, 0.1) is 5.02 Å². The number of fused-ring (bicyclic) bond motifs is 1. The molecule has 0 spiro atoms. The second-order valence-corrected chi connectivity index (χ2v) is 8.62. The van der Waals surface area contributed by atoms with Gasteiger partial charge in [-0.25, -0.2) is 0 Å². The molecule has 1 fully saturated rings. The monoisotopic (exact) mass is 439 g/mol. The molecule has 0 aliphatic carbocycles. The first-order valence-electron chi connectivity index (χ1n) is 10.6. The predicted molar refractivity (Wildman–Crippen MR) is 122 cm³/mol. The summed E-state index contributed by atoms with van der Waals surface area (Å²) in [4.78, 5) is 4.81. The van der Waals surface area contributed by atoms with Crippen LogP contribution in [0.3, 0.4) is 0 Å². The molecule has 3 heterocycles. The molecule has 1 saturated heterocycles. The molecule has 0 unspecified atom stereocenters. The van der Waals surface area contributed by atoms with Gasteiger partial charge in [0.1, 0.15) is 17.2 Å². The summed E-state index contributed by atoms with van der Waals surface area (Å²) in [6.07, 6.45) is 0.869. The lowest BCUT2D eigenvalue weighted by atomic mass is 9.99. The van der Waals surface area contributed by atoms with Crippen LogP contribution >= 0.6 is 11.6 Å². The SMILES string of the molecule is Oc1cc(O)c(-c2n[nH]c3c2CN(Cc2ccc(N4CCNCC4)cc2)CC3)cc1Cl. The fraction of sp³-hybridized carbons (Fsp3) is 0.348. The van der Waals surface area contributed by atoms with Crippen LogP contribution < -0.4 is 10.2 Å². The molecule has 1 aromatic heterocycles. The molecule has 2 aromatic carbocycles. The van der Waals surface area contributed by atoms with Crippen LogP contribution in [0.4, 0.5) is 5.69 Å². The van der Waals surface area contributed by atoms with E-state index in [4.69, 9.17) is 11.6 Å². The molecule has 8 heteroatoms. The van der Waals surface area contributed by atoms with Crippen molar-refractivity contribution in [1.82, 2.24) is 20.4 Å². The number of phenols is 2. The van der Waals surface area contributed by atoms with Crippen molar-refractivity contribution in [3.05, 3.63) is 58.2 Å². The first-order valence-corrected chi connectivity index (χ1v) is 11.0. The van der Waals surface area contributed by atoms with Gasteiger partial charge in [-0.3, -0.25) is 10.00 Å². The van der Waals surface area contributed by atoms with E-state index in [1.165, 1.54) is 17.3 Å². The maximum absolute atomic E-state index is 10.3. The Kier molecular flexibility index (Phi) is 5.48. The minimum absolute atomic E-state index is 0.0307. The van der Waals surface area contributed by atoms with Gasteiger partial charge in [-0.05, 0) is 23.8 Å². The number of aromatic amines is 1. The number of nitrogens with one attached hydrogen (secondary N) is 2. The Morgan fingerprint density at radius 3 is 2.55 bits per heavy atom. The molecule has 2 aliphatic heterocycles. The Balaban J connectivity index is 1.32. The number of rotatable bonds is 4. The Hall–Kier alpha value is -2.74. The summed E-state index contributed by atoms with van der Waals surface area (Å²) in [5, 5.41) is 31.2. The van der Waals surface area contributed by atoms with Gasteiger partial charge in [0.15, 0.2) is 0 Å². The predicted octanol–water partition coefficient (Wildman–Crippen LogP) is 3.11. The maximum Gasteiger partial charge on any atom is 0.137 e. The fourth-order valence-corrected chi connectivity index (χ4v) is 4.61. The fourth-order valence-electron chi connectivity index (χ4n) is 4.44. The minimum atomic E-state index is -0.141. The quantitative estimate of drug-likeness (QED) is 0.499. The van der Waals surface area contributed by atoms with Gasteiger partial charge in [0.25, 0.3) is 0 Å². The highest BCUT2D eigenvalue weighted by Gasteiger charge is 2.25. The summed E-state index contributed by atoms with van der Waals surface area (Å²) in [5.41, 5.74) is 5.94. The number of benzene rings is 2. The third kappa shape index (κ3) is 4.08. The largest absolute Gasteiger partial charge is 0.507 e. The standard InChI is InChI=1S/C23H26ClN5O2/c24-19-11-17(21(30)12-22(19)31)23-18-14-28(8-5-20(18)26-27-23)13-15-1-3-16(4-2-15)29-9-6-25-7-10-29/h1-4,11-12,25,30-31H,5-10,13-14H2,(H,26,27). The van der Waals surface area contributed by atoms with Gasteiger partial charge in [0, 0.05) is 80.8 Å². The molecule has 0 saturated carbocycles. The maximum atomic E-state index is 10.3. The number of hydrogen-bond donors (Lipinski definition) is 4. The minimum Gasteiger partial charge on any atom is -0.507 e. The lowest BCUT2D eigenvalue weighted by molar-refractivity contribution is 0.245. The first-order chi connectivity index (χ1) is 15.1. The van der Waals surface area contributed by atoms with E-state index in [-0.39, 0.29) is 16.5 Å². The van der Waals surface area contributed by atoms with Crippen molar-refractivity contribution in [3.8, 4) is 22.8 Å². The van der Waals surface area contributed by atoms with Crippen molar-refractivity contribution >= 4 is 17.3 Å². The molecule has 4 N–H and O–H groups in total. The number of hydrogen-bond acceptors (Lipinski definition) is 6. The summed E-state index contributed by atoms with van der Waals surface area (Å²) >= 11 is 6.07. The average Bonchev–Trinajstić information content (AvgIpc) is 3.20. The highest BCUT2D eigenvalue weighted by atomic mass is 35.5. The van der Waals surface area contributed by atoms with E-state index in [0.29, 0.717) is 11.3 Å². The summed E-state index contributed by atoms with van der Waals surface area (Å²) in [6.45, 7) is 6.69. The molecule has 31 heavy (non-hydrogen) atoms. The molecule has 162 valence electrons. The molecule has 0 radical (unpaired) electrons. The van der Waals surface area contributed by atoms with Gasteiger partial charge in [-0.1, -0.05) is 23.7 Å². The number of anilines is 1. The first kappa shape index (κ1) is 20.2. The third-order valence-corrected chi connectivity index (χ3v) is 6.46. The number of phenolic OH excluding ortho intramolecular Hbond substituents is 2. The zero-order chi connectivity index (χ0) is 21.4. The van der Waals surface area contributed by atoms with Crippen molar-refractivity contribution in [2.24, 2.45) is 0 Å². The van der Waals surface area contributed by atoms with Crippen LogP contribution in [0.1, 0.15) is 16.8 Å². The Morgan fingerprint density at radius 2 is 1.77 bits per heavy atom. The molecule has 0 bridgehead atoms. The van der Waals surface area contributed by atoms with E-state index in [1.807, 2.05) is 0 Å². The van der Waals surface area contributed by atoms with Crippen molar-refractivity contribution in [3.63, 3.8) is 0 Å². The van der Waals surface area contributed by atoms with E-state index < -0.39 is 0 Å². The van der Waals surface area contributed by atoms with Crippen molar-refractivity contribution in [2.75, 3.05) is 37.6 Å². The van der Waals surface area contributed by atoms with E-state index in [9.17, 15) is 10.2 Å². The lowest BCUT2D eigenvalue weighted by Gasteiger charge is -2.30. The molecule has 0 atom stereocenters. The molecule has 7 nitrogen and oxygen atoms in total. The number of piperazine rings is 1. The normalized spacial score (nSPS) is 17.0. The van der Waals surface area contributed by atoms with E-state index in [2.05, 4.69) is 49.6 Å². The molecule has 2 aliphatic rings. The van der Waals surface area contributed by atoms with Crippen LogP contribution in [0.25, 0.3) is 11.3 Å². The number of H-pyrrole nitrogens is 1. The van der Waals surface area contributed by atoms with Crippen molar-refractivity contribution in [1.29, 1.82) is 0 Å². The summed E-state index contributed by atoms with van der Waals surface area (Å²) in [7, 11) is 0. The Labute approximate surface area is 186 Å². The average molecular weight is 440 g/mol. The summed E-state index contributed by atoms with van der Waals surface area (Å²) in [6, 6.07) is 11.7. The van der Waals surface area contributed by atoms with Crippen LogP contribution in [0.5, 0.6) is 11.5 Å². The van der Waals surface area contributed by atoms with Gasteiger partial charge in [-0.2, -0.15) is 5.10 Å². The van der Waals surface area contributed by atoms with Crippen molar-refractivity contribution in [2.45, 2.75) is 19.5 Å². The van der Waals surface area contributed by atoms with Gasteiger partial charge >= 0.3 is 0 Å². The lowest BCUT2D eigenvalue weighted by Crippen LogP contribution is -2.43. The number of halogens is 1. The molecular formula is C23H26ClN5O2.